The number of carbonyl (C=O) groups is 1. The molecule has 2 atom stereocenters. The van der Waals surface area contributed by atoms with Crippen molar-refractivity contribution in [1.82, 2.24) is 0 Å². The molecule has 0 aliphatic heterocycles. The highest BCUT2D eigenvalue weighted by Crippen LogP contribution is 2.16. The first-order valence-corrected chi connectivity index (χ1v) is 5.65. The number of nitrogens with two attached hydrogens (primary N) is 1. The second kappa shape index (κ2) is 5.98. The van der Waals surface area contributed by atoms with Crippen LogP contribution in [0.1, 0.15) is 12.5 Å². The fourth-order valence-electron chi connectivity index (χ4n) is 1.06. The first kappa shape index (κ1) is 13.2. The molecule has 0 heterocycles. The van der Waals surface area contributed by atoms with E-state index in [1.165, 1.54) is 6.92 Å². The molecule has 0 fully saturated rings. The quantitative estimate of drug-likeness (QED) is 0.817. The Hall–Kier alpha value is -0.910. The molecule has 0 saturated heterocycles. The number of esters is 1. The minimum atomic E-state index is -0.998. The molecule has 0 unspecified atom stereocenters. The van der Waals surface area contributed by atoms with E-state index in [1.807, 2.05) is 24.3 Å². The molecule has 3 N–H and O–H groups in total. The first-order chi connectivity index (χ1) is 7.52. The zero-order chi connectivity index (χ0) is 12.1. The Kier molecular flexibility index (Phi) is 4.92. The SMILES string of the molecule is C[C@@H](O)[C@H](N)C(=O)OCc1ccccc1Br. The molecule has 0 aliphatic rings. The van der Waals surface area contributed by atoms with Crippen molar-refractivity contribution >= 4 is 21.9 Å². The van der Waals surface area contributed by atoms with Crippen LogP contribution in [0.15, 0.2) is 28.7 Å². The number of hydrogen-bond acceptors (Lipinski definition) is 4. The van der Waals surface area contributed by atoms with Gasteiger partial charge in [0.15, 0.2) is 0 Å². The predicted molar refractivity (Wildman–Crippen MR) is 63.6 cm³/mol. The maximum absolute atomic E-state index is 11.3. The lowest BCUT2D eigenvalue weighted by Crippen LogP contribution is -2.41. The molecule has 0 amide bonds. The van der Waals surface area contributed by atoms with Gasteiger partial charge in [-0.3, -0.25) is 4.79 Å². The Balaban J connectivity index is 2.52. The lowest BCUT2D eigenvalue weighted by molar-refractivity contribution is -0.149. The van der Waals surface area contributed by atoms with Gasteiger partial charge in [-0.15, -0.1) is 0 Å². The van der Waals surface area contributed by atoms with Crippen molar-refractivity contribution in [2.45, 2.75) is 25.7 Å². The van der Waals surface area contributed by atoms with E-state index in [9.17, 15) is 4.79 Å². The minimum absolute atomic E-state index is 0.140. The standard InChI is InChI=1S/C11H14BrNO3/c1-7(14)10(13)11(15)16-6-8-4-2-3-5-9(8)12/h2-5,7,10,14H,6,13H2,1H3/t7-,10+/m1/s1. The fraction of sp³-hybridized carbons (Fsp3) is 0.364. The highest BCUT2D eigenvalue weighted by Gasteiger charge is 2.20. The van der Waals surface area contributed by atoms with Gasteiger partial charge in [0.05, 0.1) is 6.10 Å². The molecule has 88 valence electrons. The molecule has 4 nitrogen and oxygen atoms in total. The van der Waals surface area contributed by atoms with Crippen LogP contribution in [0.25, 0.3) is 0 Å². The van der Waals surface area contributed by atoms with Crippen molar-refractivity contribution < 1.29 is 14.6 Å². The maximum Gasteiger partial charge on any atom is 0.325 e. The fourth-order valence-corrected chi connectivity index (χ4v) is 1.46. The van der Waals surface area contributed by atoms with Gasteiger partial charge < -0.3 is 15.6 Å². The number of halogens is 1. The van der Waals surface area contributed by atoms with Gasteiger partial charge in [0, 0.05) is 10.0 Å². The third kappa shape index (κ3) is 3.59. The zero-order valence-electron chi connectivity index (χ0n) is 8.89. The summed E-state index contributed by atoms with van der Waals surface area (Å²) < 4.78 is 5.85. The van der Waals surface area contributed by atoms with Gasteiger partial charge in [0.2, 0.25) is 0 Å². The van der Waals surface area contributed by atoms with Gasteiger partial charge >= 0.3 is 5.97 Å². The number of hydrogen-bond donors (Lipinski definition) is 2. The van der Waals surface area contributed by atoms with E-state index in [1.54, 1.807) is 0 Å². The van der Waals surface area contributed by atoms with E-state index in [4.69, 9.17) is 15.6 Å². The van der Waals surface area contributed by atoms with Crippen LogP contribution in [0, 0.1) is 0 Å². The molecule has 5 heteroatoms. The van der Waals surface area contributed by atoms with E-state index in [2.05, 4.69) is 15.9 Å². The Bertz CT molecular complexity index is 368. The van der Waals surface area contributed by atoms with E-state index >= 15 is 0 Å². The average Bonchev–Trinajstić information content (AvgIpc) is 2.26. The van der Waals surface area contributed by atoms with Crippen LogP contribution in [0.2, 0.25) is 0 Å². The summed E-state index contributed by atoms with van der Waals surface area (Å²) in [6.07, 6.45) is -0.910. The Morgan fingerprint density at radius 1 is 1.56 bits per heavy atom. The molecule has 0 radical (unpaired) electrons. The van der Waals surface area contributed by atoms with Gasteiger partial charge in [0.25, 0.3) is 0 Å². The van der Waals surface area contributed by atoms with Crippen LogP contribution in [-0.4, -0.2) is 23.2 Å². The Morgan fingerprint density at radius 2 is 2.19 bits per heavy atom. The second-order valence-electron chi connectivity index (χ2n) is 3.47. The third-order valence-corrected chi connectivity index (χ3v) is 2.89. The van der Waals surface area contributed by atoms with Crippen molar-refractivity contribution in [3.8, 4) is 0 Å². The summed E-state index contributed by atoms with van der Waals surface area (Å²) in [5, 5.41) is 9.11. The molecule has 1 aromatic carbocycles. The van der Waals surface area contributed by atoms with Gasteiger partial charge in [0.1, 0.15) is 12.6 Å². The number of carbonyl (C=O) groups excluding carboxylic acids is 1. The number of ether oxygens (including phenoxy) is 1. The lowest BCUT2D eigenvalue weighted by atomic mass is 10.2. The number of rotatable bonds is 4. The van der Waals surface area contributed by atoms with Crippen molar-refractivity contribution in [2.24, 2.45) is 5.73 Å². The molecule has 0 saturated carbocycles. The summed E-state index contributed by atoms with van der Waals surface area (Å²) in [6.45, 7) is 1.59. The van der Waals surface area contributed by atoms with Crippen LogP contribution in [0.3, 0.4) is 0 Å². The highest BCUT2D eigenvalue weighted by molar-refractivity contribution is 9.10. The van der Waals surface area contributed by atoms with Gasteiger partial charge in [-0.05, 0) is 13.0 Å². The predicted octanol–water partition coefficient (Wildman–Crippen LogP) is 1.20. The van der Waals surface area contributed by atoms with Gasteiger partial charge in [-0.1, -0.05) is 34.1 Å². The second-order valence-corrected chi connectivity index (χ2v) is 4.32. The maximum atomic E-state index is 11.3. The largest absolute Gasteiger partial charge is 0.460 e. The molecule has 0 bridgehead atoms. The van der Waals surface area contributed by atoms with Crippen LogP contribution < -0.4 is 5.73 Å². The molecule has 1 rings (SSSR count). The van der Waals surface area contributed by atoms with E-state index < -0.39 is 18.1 Å². The Morgan fingerprint density at radius 3 is 2.75 bits per heavy atom. The molecular formula is C11H14BrNO3. The molecule has 0 aromatic heterocycles. The van der Waals surface area contributed by atoms with Gasteiger partial charge in [-0.25, -0.2) is 0 Å². The summed E-state index contributed by atoms with van der Waals surface area (Å²) in [6, 6.07) is 6.42. The molecular weight excluding hydrogens is 274 g/mol. The van der Waals surface area contributed by atoms with Crippen molar-refractivity contribution in [1.29, 1.82) is 0 Å². The number of aliphatic hydroxyl groups excluding tert-OH is 1. The number of benzene rings is 1. The van der Waals surface area contributed by atoms with E-state index in [0.717, 1.165) is 10.0 Å². The molecule has 1 aromatic rings. The number of aliphatic hydroxyl groups is 1. The molecule has 0 aliphatic carbocycles. The van der Waals surface area contributed by atoms with Crippen molar-refractivity contribution in [3.63, 3.8) is 0 Å². The highest BCUT2D eigenvalue weighted by atomic mass is 79.9. The third-order valence-electron chi connectivity index (χ3n) is 2.12. The van der Waals surface area contributed by atoms with E-state index in [0.29, 0.717) is 0 Å². The zero-order valence-corrected chi connectivity index (χ0v) is 10.5. The monoisotopic (exact) mass is 287 g/mol. The lowest BCUT2D eigenvalue weighted by Gasteiger charge is -2.14. The average molecular weight is 288 g/mol. The normalized spacial score (nSPS) is 14.2. The minimum Gasteiger partial charge on any atom is -0.460 e. The summed E-state index contributed by atoms with van der Waals surface area (Å²) in [5.74, 6) is -0.606. The summed E-state index contributed by atoms with van der Waals surface area (Å²) in [7, 11) is 0. The Labute approximate surface area is 103 Å². The van der Waals surface area contributed by atoms with Crippen LogP contribution in [0.4, 0.5) is 0 Å². The topological polar surface area (TPSA) is 72.5 Å². The summed E-state index contributed by atoms with van der Waals surface area (Å²) in [5.41, 5.74) is 6.28. The first-order valence-electron chi connectivity index (χ1n) is 4.86. The van der Waals surface area contributed by atoms with Crippen molar-refractivity contribution in [3.05, 3.63) is 34.3 Å². The van der Waals surface area contributed by atoms with Crippen LogP contribution in [0.5, 0.6) is 0 Å². The van der Waals surface area contributed by atoms with Crippen molar-refractivity contribution in [2.75, 3.05) is 0 Å². The van der Waals surface area contributed by atoms with Crippen LogP contribution >= 0.6 is 15.9 Å². The summed E-state index contributed by atoms with van der Waals surface area (Å²) >= 11 is 3.34. The summed E-state index contributed by atoms with van der Waals surface area (Å²) in [4.78, 5) is 11.3. The molecule has 0 spiro atoms. The molecule has 16 heavy (non-hydrogen) atoms. The van der Waals surface area contributed by atoms with E-state index in [-0.39, 0.29) is 6.61 Å². The smallest absolute Gasteiger partial charge is 0.325 e. The van der Waals surface area contributed by atoms with Crippen LogP contribution in [-0.2, 0) is 16.1 Å². The van der Waals surface area contributed by atoms with Gasteiger partial charge in [-0.2, -0.15) is 0 Å².